The number of carbonyl (C=O) groups excluding carboxylic acids is 1. The SMILES string of the molecule is CCOC(=O)N/N=C/c1ccc(Oc2ccccc2)c(F)c1. The fraction of sp³-hybridized carbons (Fsp3) is 0.125. The zero-order valence-electron chi connectivity index (χ0n) is 12.0. The first kappa shape index (κ1) is 15.5. The summed E-state index contributed by atoms with van der Waals surface area (Å²) < 4.78 is 24.0. The maximum absolute atomic E-state index is 13.9. The molecule has 2 aromatic carbocycles. The van der Waals surface area contributed by atoms with Crippen LogP contribution in [0.3, 0.4) is 0 Å². The van der Waals surface area contributed by atoms with Gasteiger partial charge < -0.3 is 9.47 Å². The number of hydrogen-bond donors (Lipinski definition) is 1. The molecule has 22 heavy (non-hydrogen) atoms. The number of hydrazone groups is 1. The topological polar surface area (TPSA) is 59.9 Å². The normalized spacial score (nSPS) is 10.5. The second-order valence-corrected chi connectivity index (χ2v) is 4.20. The van der Waals surface area contributed by atoms with Gasteiger partial charge in [0, 0.05) is 0 Å². The van der Waals surface area contributed by atoms with E-state index in [9.17, 15) is 9.18 Å². The fourth-order valence-electron chi connectivity index (χ4n) is 1.62. The highest BCUT2D eigenvalue weighted by Gasteiger charge is 2.05. The maximum atomic E-state index is 13.9. The van der Waals surface area contributed by atoms with Crippen LogP contribution in [0.1, 0.15) is 12.5 Å². The van der Waals surface area contributed by atoms with E-state index in [-0.39, 0.29) is 12.4 Å². The fourth-order valence-corrected chi connectivity index (χ4v) is 1.62. The van der Waals surface area contributed by atoms with Crippen molar-refractivity contribution in [3.8, 4) is 11.5 Å². The van der Waals surface area contributed by atoms with Gasteiger partial charge in [-0.25, -0.2) is 14.6 Å². The van der Waals surface area contributed by atoms with E-state index in [1.165, 1.54) is 18.3 Å². The van der Waals surface area contributed by atoms with Gasteiger partial charge in [0.2, 0.25) is 0 Å². The third-order valence-electron chi connectivity index (χ3n) is 2.57. The number of hydrogen-bond acceptors (Lipinski definition) is 4. The van der Waals surface area contributed by atoms with Crippen LogP contribution in [0.15, 0.2) is 53.6 Å². The molecule has 1 N–H and O–H groups in total. The Hall–Kier alpha value is -2.89. The number of carbonyl (C=O) groups is 1. The van der Waals surface area contributed by atoms with Crippen LogP contribution in [0.4, 0.5) is 9.18 Å². The quantitative estimate of drug-likeness (QED) is 0.676. The summed E-state index contributed by atoms with van der Waals surface area (Å²) in [6.45, 7) is 1.94. The van der Waals surface area contributed by atoms with Gasteiger partial charge in [0.05, 0.1) is 12.8 Å². The first-order valence-corrected chi connectivity index (χ1v) is 6.67. The van der Waals surface area contributed by atoms with E-state index >= 15 is 0 Å². The zero-order chi connectivity index (χ0) is 15.8. The van der Waals surface area contributed by atoms with Gasteiger partial charge in [-0.2, -0.15) is 5.10 Å². The Labute approximate surface area is 127 Å². The molecule has 0 unspecified atom stereocenters. The molecule has 5 nitrogen and oxygen atoms in total. The van der Waals surface area contributed by atoms with E-state index in [1.807, 2.05) is 6.07 Å². The van der Waals surface area contributed by atoms with Crippen LogP contribution in [0.2, 0.25) is 0 Å². The molecular formula is C16H15FN2O3. The summed E-state index contributed by atoms with van der Waals surface area (Å²) in [6, 6.07) is 13.3. The highest BCUT2D eigenvalue weighted by Crippen LogP contribution is 2.24. The molecule has 1 amide bonds. The molecule has 0 radical (unpaired) electrons. The van der Waals surface area contributed by atoms with Crippen LogP contribution in [0, 0.1) is 5.82 Å². The minimum atomic E-state index is -0.664. The highest BCUT2D eigenvalue weighted by atomic mass is 19.1. The second-order valence-electron chi connectivity index (χ2n) is 4.20. The molecule has 0 saturated carbocycles. The monoisotopic (exact) mass is 302 g/mol. The lowest BCUT2D eigenvalue weighted by molar-refractivity contribution is 0.152. The minimum Gasteiger partial charge on any atom is -0.454 e. The summed E-state index contributed by atoms with van der Waals surface area (Å²) in [5.74, 6) is 0.137. The molecule has 114 valence electrons. The number of amides is 1. The van der Waals surface area contributed by atoms with Crippen molar-refractivity contribution >= 4 is 12.3 Å². The Morgan fingerprint density at radius 1 is 1.27 bits per heavy atom. The lowest BCUT2D eigenvalue weighted by Crippen LogP contribution is -2.18. The van der Waals surface area contributed by atoms with Gasteiger partial charge in [-0.05, 0) is 42.8 Å². The van der Waals surface area contributed by atoms with Crippen LogP contribution in [0.5, 0.6) is 11.5 Å². The van der Waals surface area contributed by atoms with Crippen LogP contribution < -0.4 is 10.2 Å². The Balaban J connectivity index is 2.00. The lowest BCUT2D eigenvalue weighted by Gasteiger charge is -2.06. The van der Waals surface area contributed by atoms with Crippen LogP contribution in [0.25, 0.3) is 0 Å². The van der Waals surface area contributed by atoms with Gasteiger partial charge >= 0.3 is 6.09 Å². The first-order valence-electron chi connectivity index (χ1n) is 6.67. The molecule has 0 aliphatic rings. The van der Waals surface area contributed by atoms with Crippen molar-refractivity contribution in [3.05, 3.63) is 59.9 Å². The molecule has 0 saturated heterocycles. The Kier molecular flexibility index (Phi) is 5.48. The summed E-state index contributed by atoms with van der Waals surface area (Å²) in [6.07, 6.45) is 0.648. The van der Waals surface area contributed by atoms with Crippen molar-refractivity contribution in [1.29, 1.82) is 0 Å². The molecule has 0 heterocycles. The number of ether oxygens (including phenoxy) is 2. The predicted octanol–water partition coefficient (Wildman–Crippen LogP) is 3.70. The standard InChI is InChI=1S/C16H15FN2O3/c1-2-21-16(20)19-18-11-12-8-9-15(14(17)10-12)22-13-6-4-3-5-7-13/h3-11H,2H2,1H3,(H,19,20)/b18-11+. The van der Waals surface area contributed by atoms with E-state index < -0.39 is 11.9 Å². The molecule has 2 rings (SSSR count). The van der Waals surface area contributed by atoms with E-state index in [2.05, 4.69) is 15.3 Å². The van der Waals surface area contributed by atoms with Crippen molar-refractivity contribution < 1.29 is 18.7 Å². The molecule has 2 aromatic rings. The minimum absolute atomic E-state index is 0.113. The molecule has 0 fully saturated rings. The van der Waals surface area contributed by atoms with Gasteiger partial charge in [-0.3, -0.25) is 0 Å². The molecule has 0 aromatic heterocycles. The first-order chi connectivity index (χ1) is 10.7. The van der Waals surface area contributed by atoms with Crippen LogP contribution in [-0.4, -0.2) is 18.9 Å². The summed E-state index contributed by atoms with van der Waals surface area (Å²) in [5, 5.41) is 3.66. The summed E-state index contributed by atoms with van der Waals surface area (Å²) >= 11 is 0. The molecule has 0 spiro atoms. The average molecular weight is 302 g/mol. The number of nitrogens with one attached hydrogen (secondary N) is 1. The van der Waals surface area contributed by atoms with Crippen LogP contribution >= 0.6 is 0 Å². The van der Waals surface area contributed by atoms with Gasteiger partial charge in [0.15, 0.2) is 11.6 Å². The third kappa shape index (κ3) is 4.59. The molecule has 0 aliphatic heterocycles. The van der Waals surface area contributed by atoms with Gasteiger partial charge in [0.25, 0.3) is 0 Å². The van der Waals surface area contributed by atoms with E-state index in [4.69, 9.17) is 4.74 Å². The highest BCUT2D eigenvalue weighted by molar-refractivity contribution is 5.81. The summed E-state index contributed by atoms with van der Waals surface area (Å²) in [5.41, 5.74) is 2.64. The lowest BCUT2D eigenvalue weighted by atomic mass is 10.2. The van der Waals surface area contributed by atoms with Gasteiger partial charge in [-0.1, -0.05) is 18.2 Å². The number of rotatable bonds is 5. The van der Waals surface area contributed by atoms with E-state index in [1.54, 1.807) is 37.3 Å². The average Bonchev–Trinajstić information content (AvgIpc) is 2.51. The number of nitrogens with zero attached hydrogens (tertiary/aromatic N) is 1. The van der Waals surface area contributed by atoms with E-state index in [0.29, 0.717) is 11.3 Å². The number of para-hydroxylation sites is 1. The third-order valence-corrected chi connectivity index (χ3v) is 2.57. The molecule has 6 heteroatoms. The van der Waals surface area contributed by atoms with Crippen molar-refractivity contribution in [2.45, 2.75) is 6.92 Å². The molecule has 0 bridgehead atoms. The largest absolute Gasteiger partial charge is 0.454 e. The van der Waals surface area contributed by atoms with Crippen LogP contribution in [-0.2, 0) is 4.74 Å². The molecule has 0 aliphatic carbocycles. The second kappa shape index (κ2) is 7.78. The predicted molar refractivity (Wildman–Crippen MR) is 80.7 cm³/mol. The van der Waals surface area contributed by atoms with Crippen molar-refractivity contribution in [2.75, 3.05) is 6.61 Å². The van der Waals surface area contributed by atoms with Crippen molar-refractivity contribution in [1.82, 2.24) is 5.43 Å². The van der Waals surface area contributed by atoms with Gasteiger partial charge in [-0.15, -0.1) is 0 Å². The van der Waals surface area contributed by atoms with E-state index in [0.717, 1.165) is 0 Å². The van der Waals surface area contributed by atoms with Gasteiger partial charge in [0.1, 0.15) is 5.75 Å². The Morgan fingerprint density at radius 2 is 2.05 bits per heavy atom. The maximum Gasteiger partial charge on any atom is 0.427 e. The van der Waals surface area contributed by atoms with Crippen molar-refractivity contribution in [3.63, 3.8) is 0 Å². The molecular weight excluding hydrogens is 287 g/mol. The molecule has 0 atom stereocenters. The Morgan fingerprint density at radius 3 is 2.73 bits per heavy atom. The van der Waals surface area contributed by atoms with Crippen molar-refractivity contribution in [2.24, 2.45) is 5.10 Å². The Bertz CT molecular complexity index is 660. The smallest absolute Gasteiger partial charge is 0.427 e. The summed E-state index contributed by atoms with van der Waals surface area (Å²) in [4.78, 5) is 11.0. The number of halogens is 1. The summed E-state index contributed by atoms with van der Waals surface area (Å²) in [7, 11) is 0. The number of benzene rings is 2. The zero-order valence-corrected chi connectivity index (χ0v) is 12.0.